The van der Waals surface area contributed by atoms with Gasteiger partial charge in [-0.25, -0.2) is 4.98 Å². The lowest BCUT2D eigenvalue weighted by Crippen LogP contribution is -2.16. The van der Waals surface area contributed by atoms with Crippen molar-refractivity contribution in [1.29, 1.82) is 5.26 Å². The first-order valence-electron chi connectivity index (χ1n) is 7.34. The number of nitrogens with one attached hydrogen (secondary N) is 1. The maximum absolute atomic E-state index is 9.00. The summed E-state index contributed by atoms with van der Waals surface area (Å²) in [6, 6.07) is 11.1. The van der Waals surface area contributed by atoms with Crippen molar-refractivity contribution < 1.29 is 4.74 Å². The number of aromatic nitrogens is 2. The van der Waals surface area contributed by atoms with E-state index in [-0.39, 0.29) is 0 Å². The minimum Gasteiger partial charge on any atom is -0.496 e. The van der Waals surface area contributed by atoms with E-state index in [1.54, 1.807) is 19.2 Å². The summed E-state index contributed by atoms with van der Waals surface area (Å²) in [5.41, 5.74) is 11.7. The van der Waals surface area contributed by atoms with Crippen LogP contribution in [0.15, 0.2) is 30.3 Å². The fraction of sp³-hybridized carbons (Fsp3) is 0.222. The first kappa shape index (κ1) is 15.1. The number of nitrogens with zero attached hydrogens (tertiary/aromatic N) is 2. The van der Waals surface area contributed by atoms with Crippen molar-refractivity contribution in [2.75, 3.05) is 7.11 Å². The maximum Gasteiger partial charge on any atom is 0.128 e. The molecular formula is C18H18N4O. The van der Waals surface area contributed by atoms with Gasteiger partial charge >= 0.3 is 0 Å². The molecule has 2 aromatic carbocycles. The lowest BCUT2D eigenvalue weighted by Gasteiger charge is -2.17. The SMILES string of the molecule is COc1cc(C)cc(C)c1C(N)c1nc2ccc(C#N)cc2[nH]1. The number of hydrogen-bond acceptors (Lipinski definition) is 4. The molecule has 0 aliphatic carbocycles. The molecule has 0 saturated carbocycles. The lowest BCUT2D eigenvalue weighted by molar-refractivity contribution is 0.406. The van der Waals surface area contributed by atoms with Crippen LogP contribution in [-0.2, 0) is 0 Å². The van der Waals surface area contributed by atoms with Gasteiger partial charge in [-0.1, -0.05) is 6.07 Å². The molecule has 5 heteroatoms. The molecule has 0 spiro atoms. The Balaban J connectivity index is 2.10. The molecule has 3 rings (SSSR count). The molecule has 3 aromatic rings. The molecule has 1 heterocycles. The number of aromatic amines is 1. The Hall–Kier alpha value is -2.84. The monoisotopic (exact) mass is 306 g/mol. The number of H-pyrrole nitrogens is 1. The third kappa shape index (κ3) is 2.65. The largest absolute Gasteiger partial charge is 0.496 e. The van der Waals surface area contributed by atoms with Crippen molar-refractivity contribution in [3.8, 4) is 11.8 Å². The third-order valence-electron chi connectivity index (χ3n) is 3.95. The molecule has 5 nitrogen and oxygen atoms in total. The minimum atomic E-state index is -0.427. The molecule has 1 aromatic heterocycles. The predicted octanol–water partition coefficient (Wildman–Crippen LogP) is 3.11. The number of ether oxygens (including phenoxy) is 1. The zero-order valence-corrected chi connectivity index (χ0v) is 13.3. The number of benzene rings is 2. The number of aryl methyl sites for hydroxylation is 2. The third-order valence-corrected chi connectivity index (χ3v) is 3.95. The Labute approximate surface area is 134 Å². The molecule has 3 N–H and O–H groups in total. The van der Waals surface area contributed by atoms with Crippen LogP contribution in [0, 0.1) is 25.2 Å². The summed E-state index contributed by atoms with van der Waals surface area (Å²) in [4.78, 5) is 7.78. The summed E-state index contributed by atoms with van der Waals surface area (Å²) < 4.78 is 5.50. The number of imidazole rings is 1. The zero-order chi connectivity index (χ0) is 16.6. The van der Waals surface area contributed by atoms with Gasteiger partial charge in [-0.2, -0.15) is 5.26 Å². The van der Waals surface area contributed by atoms with Gasteiger partial charge in [0.15, 0.2) is 0 Å². The Kier molecular flexibility index (Phi) is 3.77. The molecule has 0 aliphatic heterocycles. The average Bonchev–Trinajstić information content (AvgIpc) is 2.96. The van der Waals surface area contributed by atoms with E-state index in [2.05, 4.69) is 22.1 Å². The Bertz CT molecular complexity index is 921. The molecule has 0 aliphatic rings. The molecule has 23 heavy (non-hydrogen) atoms. The van der Waals surface area contributed by atoms with Crippen molar-refractivity contribution in [2.24, 2.45) is 5.73 Å². The first-order chi connectivity index (χ1) is 11.0. The molecule has 0 amide bonds. The molecule has 0 bridgehead atoms. The fourth-order valence-electron chi connectivity index (χ4n) is 2.89. The summed E-state index contributed by atoms with van der Waals surface area (Å²) >= 11 is 0. The zero-order valence-electron chi connectivity index (χ0n) is 13.3. The molecule has 0 saturated heterocycles. The second-order valence-corrected chi connectivity index (χ2v) is 5.64. The van der Waals surface area contributed by atoms with E-state index >= 15 is 0 Å². The smallest absolute Gasteiger partial charge is 0.128 e. The van der Waals surface area contributed by atoms with Crippen LogP contribution >= 0.6 is 0 Å². The van der Waals surface area contributed by atoms with Crippen LogP contribution < -0.4 is 10.5 Å². The fourth-order valence-corrected chi connectivity index (χ4v) is 2.89. The Morgan fingerprint density at radius 2 is 2.04 bits per heavy atom. The summed E-state index contributed by atoms with van der Waals surface area (Å²) in [5.74, 6) is 1.41. The molecule has 0 fully saturated rings. The highest BCUT2D eigenvalue weighted by atomic mass is 16.5. The van der Waals surface area contributed by atoms with Crippen LogP contribution in [0.1, 0.15) is 34.1 Å². The number of nitriles is 1. The minimum absolute atomic E-state index is 0.427. The van der Waals surface area contributed by atoms with Crippen molar-refractivity contribution in [2.45, 2.75) is 19.9 Å². The van der Waals surface area contributed by atoms with Crippen molar-refractivity contribution >= 4 is 11.0 Å². The highest BCUT2D eigenvalue weighted by molar-refractivity contribution is 5.77. The van der Waals surface area contributed by atoms with Crippen molar-refractivity contribution in [1.82, 2.24) is 9.97 Å². The second kappa shape index (κ2) is 5.75. The molecular weight excluding hydrogens is 288 g/mol. The normalized spacial score (nSPS) is 12.1. The van der Waals surface area contributed by atoms with Crippen molar-refractivity contribution in [3.63, 3.8) is 0 Å². The Morgan fingerprint density at radius 3 is 2.74 bits per heavy atom. The van der Waals surface area contributed by atoms with E-state index in [9.17, 15) is 0 Å². The number of fused-ring (bicyclic) bond motifs is 1. The van der Waals surface area contributed by atoms with Gasteiger partial charge in [0.1, 0.15) is 11.6 Å². The Morgan fingerprint density at radius 1 is 1.26 bits per heavy atom. The predicted molar refractivity (Wildman–Crippen MR) is 89.3 cm³/mol. The van der Waals surface area contributed by atoms with Crippen LogP contribution in [0.2, 0.25) is 0 Å². The molecule has 1 atom stereocenters. The quantitative estimate of drug-likeness (QED) is 0.778. The number of hydrogen-bond donors (Lipinski definition) is 2. The highest BCUT2D eigenvalue weighted by Gasteiger charge is 2.20. The standard InChI is InChI=1S/C18H18N4O/c1-10-6-11(2)16(15(7-10)23-3)17(20)18-21-13-5-4-12(9-19)8-14(13)22-18/h4-8,17H,20H2,1-3H3,(H,21,22). The van der Waals surface area contributed by atoms with Gasteiger partial charge in [0, 0.05) is 5.56 Å². The second-order valence-electron chi connectivity index (χ2n) is 5.64. The average molecular weight is 306 g/mol. The molecule has 116 valence electrons. The van der Waals surface area contributed by atoms with Crippen LogP contribution in [-0.4, -0.2) is 17.1 Å². The number of methoxy groups -OCH3 is 1. The van der Waals surface area contributed by atoms with E-state index in [0.29, 0.717) is 11.4 Å². The van der Waals surface area contributed by atoms with Gasteiger partial charge in [0.2, 0.25) is 0 Å². The van der Waals surface area contributed by atoms with E-state index in [0.717, 1.165) is 33.5 Å². The van der Waals surface area contributed by atoms with E-state index in [1.807, 2.05) is 26.0 Å². The van der Waals surface area contributed by atoms with Gasteiger partial charge < -0.3 is 15.5 Å². The van der Waals surface area contributed by atoms with Gasteiger partial charge in [-0.3, -0.25) is 0 Å². The summed E-state index contributed by atoms with van der Waals surface area (Å²) in [6.07, 6.45) is 0. The first-order valence-corrected chi connectivity index (χ1v) is 7.34. The number of nitrogens with two attached hydrogens (primary N) is 1. The van der Waals surface area contributed by atoms with Crippen LogP contribution in [0.4, 0.5) is 0 Å². The lowest BCUT2D eigenvalue weighted by atomic mass is 9.98. The van der Waals surface area contributed by atoms with Gasteiger partial charge in [-0.05, 0) is 49.2 Å². The summed E-state index contributed by atoms with van der Waals surface area (Å²) in [7, 11) is 1.64. The van der Waals surface area contributed by atoms with E-state index < -0.39 is 6.04 Å². The highest BCUT2D eigenvalue weighted by Crippen LogP contribution is 2.32. The van der Waals surface area contributed by atoms with E-state index in [1.165, 1.54) is 0 Å². The summed E-state index contributed by atoms with van der Waals surface area (Å²) in [5, 5.41) is 9.00. The van der Waals surface area contributed by atoms with Crippen LogP contribution in [0.25, 0.3) is 11.0 Å². The van der Waals surface area contributed by atoms with Crippen LogP contribution in [0.3, 0.4) is 0 Å². The topological polar surface area (TPSA) is 87.7 Å². The maximum atomic E-state index is 9.00. The van der Waals surface area contributed by atoms with E-state index in [4.69, 9.17) is 15.7 Å². The van der Waals surface area contributed by atoms with Gasteiger partial charge in [0.05, 0.1) is 35.8 Å². The van der Waals surface area contributed by atoms with Gasteiger partial charge in [-0.15, -0.1) is 0 Å². The molecule has 0 radical (unpaired) electrons. The molecule has 1 unspecified atom stereocenters. The number of rotatable bonds is 3. The van der Waals surface area contributed by atoms with Crippen molar-refractivity contribution in [3.05, 3.63) is 58.4 Å². The van der Waals surface area contributed by atoms with Gasteiger partial charge in [0.25, 0.3) is 0 Å². The van der Waals surface area contributed by atoms with Crippen LogP contribution in [0.5, 0.6) is 5.75 Å². The summed E-state index contributed by atoms with van der Waals surface area (Å²) in [6.45, 7) is 4.04.